The van der Waals surface area contributed by atoms with E-state index in [0.717, 1.165) is 19.4 Å². The summed E-state index contributed by atoms with van der Waals surface area (Å²) in [6.07, 6.45) is 2.22. The van der Waals surface area contributed by atoms with Crippen LogP contribution in [-0.4, -0.2) is 72.4 Å². The van der Waals surface area contributed by atoms with Crippen LogP contribution in [0.25, 0.3) is 0 Å². The first-order valence-corrected chi connectivity index (χ1v) is 7.80. The van der Waals surface area contributed by atoms with Gasteiger partial charge in [-0.25, -0.2) is 4.79 Å². The van der Waals surface area contributed by atoms with Crippen molar-refractivity contribution in [1.29, 1.82) is 0 Å². The van der Waals surface area contributed by atoms with Gasteiger partial charge in [0.2, 0.25) is 0 Å². The minimum Gasteiger partial charge on any atom is -0.449 e. The Bertz CT molecular complexity index is 447. The summed E-state index contributed by atoms with van der Waals surface area (Å²) in [4.78, 5) is 25.5. The Balaban J connectivity index is 1.57. The lowest BCUT2D eigenvalue weighted by Gasteiger charge is -2.45. The molecule has 6 heteroatoms. The monoisotopic (exact) mass is 297 g/mol. The van der Waals surface area contributed by atoms with Crippen molar-refractivity contribution in [1.82, 2.24) is 4.90 Å². The van der Waals surface area contributed by atoms with Crippen molar-refractivity contribution < 1.29 is 23.9 Å². The van der Waals surface area contributed by atoms with Gasteiger partial charge >= 0.3 is 11.9 Å². The van der Waals surface area contributed by atoms with Crippen molar-refractivity contribution in [3.8, 4) is 0 Å². The SMILES string of the molecule is C[C@H]1C[N@+](C)(C(=O)CCN2COC(=O)C2)C[C@@H](O)C12CC2. The van der Waals surface area contributed by atoms with E-state index < -0.39 is 0 Å². The average molecular weight is 297 g/mol. The third kappa shape index (κ3) is 2.60. The van der Waals surface area contributed by atoms with Crippen molar-refractivity contribution in [2.75, 3.05) is 40.0 Å². The molecule has 0 bridgehead atoms. The van der Waals surface area contributed by atoms with E-state index in [1.165, 1.54) is 0 Å². The molecule has 0 aromatic carbocycles. The number of amides is 1. The maximum absolute atomic E-state index is 12.6. The van der Waals surface area contributed by atoms with Gasteiger partial charge in [-0.3, -0.25) is 14.2 Å². The number of piperidine rings is 1. The maximum Gasteiger partial charge on any atom is 0.321 e. The lowest BCUT2D eigenvalue weighted by atomic mass is 9.80. The van der Waals surface area contributed by atoms with E-state index in [0.29, 0.717) is 29.9 Å². The molecule has 2 aliphatic heterocycles. The standard InChI is InChI=1S/C15H25N2O4/c1-11-8-17(2,9-12(18)15(11)4-5-15)13(19)3-6-16-7-14(20)21-10-16/h11-12,18H,3-10H2,1-2H3/q+1/t11-,12+,17-/m0/s1. The van der Waals surface area contributed by atoms with Crippen molar-refractivity contribution >= 4 is 11.9 Å². The number of quaternary nitrogens is 1. The molecule has 1 N–H and O–H groups in total. The predicted octanol–water partition coefficient (Wildman–Crippen LogP) is -0.0432. The minimum absolute atomic E-state index is 0.0905. The van der Waals surface area contributed by atoms with E-state index in [1.807, 2.05) is 11.9 Å². The number of nitrogens with zero attached hydrogens (tertiary/aromatic N) is 2. The molecular weight excluding hydrogens is 272 g/mol. The molecule has 2 heterocycles. The van der Waals surface area contributed by atoms with E-state index in [1.54, 1.807) is 0 Å². The van der Waals surface area contributed by atoms with Crippen LogP contribution >= 0.6 is 0 Å². The number of likely N-dealkylation sites (N-methyl/N-ethyl adjacent to an activating group) is 1. The van der Waals surface area contributed by atoms with Crippen LogP contribution in [0.15, 0.2) is 0 Å². The van der Waals surface area contributed by atoms with E-state index in [9.17, 15) is 14.7 Å². The highest BCUT2D eigenvalue weighted by Crippen LogP contribution is 2.57. The summed E-state index contributed by atoms with van der Waals surface area (Å²) in [5.74, 6) is 0.309. The van der Waals surface area contributed by atoms with Gasteiger partial charge in [0.05, 0.1) is 26.6 Å². The molecule has 1 amide bonds. The van der Waals surface area contributed by atoms with Crippen LogP contribution in [-0.2, 0) is 14.3 Å². The zero-order valence-electron chi connectivity index (χ0n) is 12.9. The fraction of sp³-hybridized carbons (Fsp3) is 0.867. The third-order valence-corrected chi connectivity index (χ3v) is 5.73. The Kier molecular flexibility index (Phi) is 3.58. The van der Waals surface area contributed by atoms with E-state index in [2.05, 4.69) is 6.92 Å². The number of carbonyl (C=O) groups excluding carboxylic acids is 2. The van der Waals surface area contributed by atoms with Crippen LogP contribution in [0.5, 0.6) is 0 Å². The number of ether oxygens (including phenoxy) is 1. The summed E-state index contributed by atoms with van der Waals surface area (Å²) in [5.41, 5.74) is 0.0905. The molecular formula is C15H25N2O4+. The van der Waals surface area contributed by atoms with Crippen LogP contribution in [0.4, 0.5) is 0 Å². The number of carbonyl (C=O) groups is 2. The molecule has 3 aliphatic rings. The molecule has 21 heavy (non-hydrogen) atoms. The number of hydrogen-bond acceptors (Lipinski definition) is 5. The molecule has 118 valence electrons. The largest absolute Gasteiger partial charge is 0.449 e. The molecule has 2 saturated heterocycles. The van der Waals surface area contributed by atoms with E-state index in [-0.39, 0.29) is 36.7 Å². The van der Waals surface area contributed by atoms with Gasteiger partial charge in [-0.05, 0) is 12.8 Å². The molecule has 1 aliphatic carbocycles. The molecule has 0 aromatic rings. The average Bonchev–Trinajstić information content (AvgIpc) is 3.12. The Labute approximate surface area is 125 Å². The lowest BCUT2D eigenvalue weighted by Crippen LogP contribution is -2.62. The van der Waals surface area contributed by atoms with Crippen LogP contribution < -0.4 is 0 Å². The van der Waals surface area contributed by atoms with Gasteiger partial charge in [0.15, 0.2) is 0 Å². The second-order valence-electron chi connectivity index (χ2n) is 7.25. The van der Waals surface area contributed by atoms with Gasteiger partial charge in [-0.2, -0.15) is 0 Å². The summed E-state index contributed by atoms with van der Waals surface area (Å²) < 4.78 is 5.18. The highest BCUT2D eigenvalue weighted by molar-refractivity contribution is 5.73. The third-order valence-electron chi connectivity index (χ3n) is 5.73. The molecule has 0 radical (unpaired) electrons. The van der Waals surface area contributed by atoms with Crippen LogP contribution in [0.3, 0.4) is 0 Å². The normalized spacial score (nSPS) is 38.5. The second kappa shape index (κ2) is 5.04. The highest BCUT2D eigenvalue weighted by atomic mass is 16.6. The van der Waals surface area contributed by atoms with Gasteiger partial charge in [-0.1, -0.05) is 6.92 Å². The molecule has 1 saturated carbocycles. The topological polar surface area (TPSA) is 66.8 Å². The second-order valence-corrected chi connectivity index (χ2v) is 7.25. The van der Waals surface area contributed by atoms with Gasteiger partial charge in [0.1, 0.15) is 19.4 Å². The number of aliphatic hydroxyl groups is 1. The van der Waals surface area contributed by atoms with Crippen LogP contribution in [0.1, 0.15) is 26.2 Å². The molecule has 1 spiro atoms. The minimum atomic E-state index is -0.369. The quantitative estimate of drug-likeness (QED) is 0.585. The van der Waals surface area contributed by atoms with Crippen LogP contribution in [0, 0.1) is 11.3 Å². The van der Waals surface area contributed by atoms with Gasteiger partial charge < -0.3 is 9.84 Å². The maximum atomic E-state index is 12.6. The number of cyclic esters (lactones) is 1. The molecule has 3 rings (SSSR count). The number of rotatable bonds is 3. The summed E-state index contributed by atoms with van der Waals surface area (Å²) >= 11 is 0. The Morgan fingerprint density at radius 3 is 2.71 bits per heavy atom. The number of likely N-dealkylation sites (tertiary alicyclic amines) is 1. The van der Waals surface area contributed by atoms with Crippen LogP contribution in [0.2, 0.25) is 0 Å². The van der Waals surface area contributed by atoms with Crippen molar-refractivity contribution in [3.05, 3.63) is 0 Å². The Morgan fingerprint density at radius 2 is 2.19 bits per heavy atom. The first-order valence-electron chi connectivity index (χ1n) is 7.80. The Morgan fingerprint density at radius 1 is 1.48 bits per heavy atom. The first-order chi connectivity index (χ1) is 9.86. The van der Waals surface area contributed by atoms with E-state index in [4.69, 9.17) is 4.74 Å². The summed E-state index contributed by atoms with van der Waals surface area (Å²) in [6, 6.07) is 0. The molecule has 0 unspecified atom stereocenters. The van der Waals surface area contributed by atoms with Crippen molar-refractivity contribution in [2.45, 2.75) is 32.3 Å². The molecule has 6 nitrogen and oxygen atoms in total. The first kappa shape index (κ1) is 14.9. The predicted molar refractivity (Wildman–Crippen MR) is 74.9 cm³/mol. The van der Waals surface area contributed by atoms with Gasteiger partial charge in [0, 0.05) is 17.9 Å². The van der Waals surface area contributed by atoms with Gasteiger partial charge in [-0.15, -0.1) is 0 Å². The number of hydrogen-bond donors (Lipinski definition) is 1. The summed E-state index contributed by atoms with van der Waals surface area (Å²) in [5, 5.41) is 10.4. The number of esters is 1. The highest BCUT2D eigenvalue weighted by Gasteiger charge is 2.60. The molecule has 0 aromatic heterocycles. The van der Waals surface area contributed by atoms with E-state index >= 15 is 0 Å². The lowest BCUT2D eigenvalue weighted by molar-refractivity contribution is -0.850. The fourth-order valence-corrected chi connectivity index (χ4v) is 4.03. The fourth-order valence-electron chi connectivity index (χ4n) is 4.03. The summed E-state index contributed by atoms with van der Waals surface area (Å²) in [6.45, 7) is 4.61. The smallest absolute Gasteiger partial charge is 0.321 e. The molecule has 3 fully saturated rings. The van der Waals surface area contributed by atoms with Gasteiger partial charge in [0.25, 0.3) is 0 Å². The summed E-state index contributed by atoms with van der Waals surface area (Å²) in [7, 11) is 1.93. The Hall–Kier alpha value is -0.980. The van der Waals surface area contributed by atoms with Crippen molar-refractivity contribution in [2.24, 2.45) is 11.3 Å². The molecule has 3 atom stereocenters. The van der Waals surface area contributed by atoms with Crippen molar-refractivity contribution in [3.63, 3.8) is 0 Å². The number of aliphatic hydroxyl groups excluding tert-OH is 1. The zero-order chi connectivity index (χ0) is 15.3. The zero-order valence-corrected chi connectivity index (χ0v) is 12.9.